The van der Waals surface area contributed by atoms with Crippen LogP contribution in [0.25, 0.3) is 17.0 Å². The smallest absolute Gasteiger partial charge is 0.319 e. The quantitative estimate of drug-likeness (QED) is 0.499. The van der Waals surface area contributed by atoms with Gasteiger partial charge in [-0.2, -0.15) is 15.1 Å². The molecule has 0 N–H and O–H groups in total. The first kappa shape index (κ1) is 18.3. The third-order valence-corrected chi connectivity index (χ3v) is 5.20. The van der Waals surface area contributed by atoms with E-state index in [1.54, 1.807) is 10.7 Å². The first-order chi connectivity index (χ1) is 14.6. The van der Waals surface area contributed by atoms with E-state index in [9.17, 15) is 8.78 Å². The molecule has 1 saturated carbocycles. The van der Waals surface area contributed by atoms with Gasteiger partial charge in [0.2, 0.25) is 5.88 Å². The van der Waals surface area contributed by atoms with Crippen LogP contribution in [0, 0.1) is 11.6 Å². The molecule has 0 spiro atoms. The molecule has 30 heavy (non-hydrogen) atoms. The van der Waals surface area contributed by atoms with Crippen LogP contribution in [0.15, 0.2) is 36.8 Å². The van der Waals surface area contributed by atoms with E-state index in [-0.39, 0.29) is 17.8 Å². The van der Waals surface area contributed by atoms with Crippen molar-refractivity contribution in [2.45, 2.75) is 18.3 Å². The Labute approximate surface area is 169 Å². The van der Waals surface area contributed by atoms with Gasteiger partial charge in [0, 0.05) is 18.2 Å². The lowest BCUT2D eigenvalue weighted by Crippen LogP contribution is -2.04. The van der Waals surface area contributed by atoms with Crippen molar-refractivity contribution in [3.05, 3.63) is 59.7 Å². The zero-order valence-corrected chi connectivity index (χ0v) is 16.1. The molecule has 0 amide bonds. The van der Waals surface area contributed by atoms with E-state index in [2.05, 4.69) is 25.0 Å². The predicted molar refractivity (Wildman–Crippen MR) is 101 cm³/mol. The Morgan fingerprint density at radius 3 is 2.67 bits per heavy atom. The monoisotopic (exact) mass is 410 g/mol. The number of nitrogens with zero attached hydrogens (tertiary/aromatic N) is 6. The zero-order chi connectivity index (χ0) is 20.8. The van der Waals surface area contributed by atoms with E-state index >= 15 is 0 Å². The highest BCUT2D eigenvalue weighted by Gasteiger charge is 2.43. The molecule has 5 rings (SSSR count). The lowest BCUT2D eigenvalue weighted by Gasteiger charge is -2.10. The van der Waals surface area contributed by atoms with Crippen molar-refractivity contribution in [3.8, 4) is 23.1 Å². The van der Waals surface area contributed by atoms with Crippen molar-refractivity contribution in [2.75, 3.05) is 14.2 Å². The minimum atomic E-state index is -0.593. The van der Waals surface area contributed by atoms with Crippen LogP contribution in [0.2, 0.25) is 0 Å². The summed E-state index contributed by atoms with van der Waals surface area (Å²) >= 11 is 0. The van der Waals surface area contributed by atoms with Crippen LogP contribution in [0.3, 0.4) is 0 Å². The topological polar surface area (TPSA) is 87.3 Å². The fourth-order valence-electron chi connectivity index (χ4n) is 3.69. The molecule has 152 valence electrons. The molecular weight excluding hydrogens is 394 g/mol. The maximum atomic E-state index is 14.3. The molecule has 1 aliphatic rings. The lowest BCUT2D eigenvalue weighted by atomic mass is 10.1. The van der Waals surface area contributed by atoms with E-state index in [0.29, 0.717) is 34.9 Å². The fourth-order valence-corrected chi connectivity index (χ4v) is 3.69. The third kappa shape index (κ3) is 3.00. The van der Waals surface area contributed by atoms with Crippen LogP contribution in [-0.2, 0) is 0 Å². The largest absolute Gasteiger partial charge is 0.480 e. The van der Waals surface area contributed by atoms with Crippen molar-refractivity contribution >= 4 is 5.78 Å². The molecule has 1 fully saturated rings. The molecule has 1 aromatic carbocycles. The average molecular weight is 410 g/mol. The van der Waals surface area contributed by atoms with Gasteiger partial charge in [-0.15, -0.1) is 0 Å². The molecule has 0 bridgehead atoms. The minimum absolute atomic E-state index is 0.0129. The van der Waals surface area contributed by atoms with Crippen molar-refractivity contribution in [1.29, 1.82) is 0 Å². The number of benzene rings is 1. The summed E-state index contributed by atoms with van der Waals surface area (Å²) in [6.07, 6.45) is 3.68. The molecule has 0 unspecified atom stereocenters. The Bertz CT molecular complexity index is 1260. The number of fused-ring (bicyclic) bond motifs is 1. The van der Waals surface area contributed by atoms with E-state index in [4.69, 9.17) is 9.47 Å². The maximum Gasteiger partial charge on any atom is 0.319 e. The highest BCUT2D eigenvalue weighted by Crippen LogP contribution is 2.55. The van der Waals surface area contributed by atoms with Gasteiger partial charge in [0.1, 0.15) is 18.0 Å². The van der Waals surface area contributed by atoms with E-state index < -0.39 is 11.6 Å². The molecule has 4 aromatic rings. The van der Waals surface area contributed by atoms with Gasteiger partial charge < -0.3 is 9.47 Å². The minimum Gasteiger partial charge on any atom is -0.480 e. The Morgan fingerprint density at radius 1 is 1.03 bits per heavy atom. The summed E-state index contributed by atoms with van der Waals surface area (Å²) in [4.78, 5) is 17.1. The molecule has 1 aliphatic carbocycles. The second kappa shape index (κ2) is 6.97. The highest BCUT2D eigenvalue weighted by molar-refractivity contribution is 5.66. The normalized spacial score (nSPS) is 17.9. The van der Waals surface area contributed by atoms with Gasteiger partial charge in [0.25, 0.3) is 5.78 Å². The van der Waals surface area contributed by atoms with Crippen molar-refractivity contribution in [1.82, 2.24) is 29.5 Å². The van der Waals surface area contributed by atoms with Gasteiger partial charge in [-0.05, 0) is 30.0 Å². The van der Waals surface area contributed by atoms with Crippen LogP contribution < -0.4 is 9.47 Å². The number of hydrogen-bond donors (Lipinski definition) is 0. The standard InChI is InChI=1S/C20H16F2N6O2/c1-29-18-14(8-23-20(27-18)30-2)16-7-17(28-19(26-16)24-9-25-28)13-6-12(13)11-4-3-10(21)5-15(11)22/h3-5,7-9,12-13H,6H2,1-2H3/t12-,13+/m1/s1. The Hall–Kier alpha value is -3.69. The number of ether oxygens (including phenoxy) is 2. The van der Waals surface area contributed by atoms with Gasteiger partial charge in [-0.3, -0.25) is 0 Å². The average Bonchev–Trinajstić information content (AvgIpc) is 3.39. The summed E-state index contributed by atoms with van der Waals surface area (Å²) in [5.41, 5.74) is 2.42. The van der Waals surface area contributed by atoms with Crippen LogP contribution in [0.1, 0.15) is 29.5 Å². The van der Waals surface area contributed by atoms with Gasteiger partial charge >= 0.3 is 6.01 Å². The summed E-state index contributed by atoms with van der Waals surface area (Å²) in [7, 11) is 2.96. The fraction of sp³-hybridized carbons (Fsp3) is 0.250. The molecule has 3 heterocycles. The van der Waals surface area contributed by atoms with E-state index in [1.165, 1.54) is 32.7 Å². The van der Waals surface area contributed by atoms with Gasteiger partial charge in [-0.25, -0.2) is 23.3 Å². The number of methoxy groups -OCH3 is 2. The molecular formula is C20H16F2N6O2. The molecule has 0 radical (unpaired) electrons. The van der Waals surface area contributed by atoms with Crippen LogP contribution in [0.4, 0.5) is 8.78 Å². The molecule has 0 saturated heterocycles. The van der Waals surface area contributed by atoms with Crippen molar-refractivity contribution in [3.63, 3.8) is 0 Å². The number of halogens is 2. The summed E-state index contributed by atoms with van der Waals surface area (Å²) < 4.78 is 39.6. The lowest BCUT2D eigenvalue weighted by molar-refractivity contribution is 0.353. The highest BCUT2D eigenvalue weighted by atomic mass is 19.1. The second-order valence-electron chi connectivity index (χ2n) is 6.93. The summed E-state index contributed by atoms with van der Waals surface area (Å²) in [6, 6.07) is 5.70. The first-order valence-corrected chi connectivity index (χ1v) is 9.20. The second-order valence-corrected chi connectivity index (χ2v) is 6.93. The third-order valence-electron chi connectivity index (χ3n) is 5.20. The summed E-state index contributed by atoms with van der Waals surface area (Å²) in [6.45, 7) is 0. The van der Waals surface area contributed by atoms with Crippen molar-refractivity contribution < 1.29 is 18.3 Å². The zero-order valence-electron chi connectivity index (χ0n) is 16.1. The molecule has 3 aromatic heterocycles. The van der Waals surface area contributed by atoms with E-state index in [1.807, 2.05) is 6.07 Å². The Balaban J connectivity index is 1.58. The van der Waals surface area contributed by atoms with Crippen molar-refractivity contribution in [2.24, 2.45) is 0 Å². The van der Waals surface area contributed by atoms with Gasteiger partial charge in [0.15, 0.2) is 0 Å². The van der Waals surface area contributed by atoms with Crippen LogP contribution >= 0.6 is 0 Å². The predicted octanol–water partition coefficient (Wildman–Crippen LogP) is 3.15. The SMILES string of the molecule is COc1ncc(-c2cc([C@H]3C[C@@H]3c3ccc(F)cc3F)n3ncnc3n2)c(OC)n1. The molecule has 2 atom stereocenters. The number of hydrogen-bond acceptors (Lipinski definition) is 7. The summed E-state index contributed by atoms with van der Waals surface area (Å²) in [5.74, 6) is -0.531. The van der Waals surface area contributed by atoms with Gasteiger partial charge in [-0.1, -0.05) is 6.07 Å². The van der Waals surface area contributed by atoms with E-state index in [0.717, 1.165) is 11.8 Å². The van der Waals surface area contributed by atoms with Crippen LogP contribution in [-0.4, -0.2) is 43.8 Å². The molecule has 0 aliphatic heterocycles. The molecule has 8 nitrogen and oxygen atoms in total. The Morgan fingerprint density at radius 2 is 1.90 bits per heavy atom. The first-order valence-electron chi connectivity index (χ1n) is 9.20. The van der Waals surface area contributed by atoms with Crippen LogP contribution in [0.5, 0.6) is 11.9 Å². The maximum absolute atomic E-state index is 14.3. The summed E-state index contributed by atoms with van der Waals surface area (Å²) in [5, 5.41) is 4.26. The number of rotatable bonds is 5. The van der Waals surface area contributed by atoms with Gasteiger partial charge in [0.05, 0.1) is 31.2 Å². The Kier molecular flexibility index (Phi) is 4.27. The molecule has 10 heteroatoms. The number of aromatic nitrogens is 6.